The third kappa shape index (κ3) is 2.81. The highest BCUT2D eigenvalue weighted by molar-refractivity contribution is 5.75. The van der Waals surface area contributed by atoms with Gasteiger partial charge in [-0.1, -0.05) is 0 Å². The van der Waals surface area contributed by atoms with Crippen LogP contribution in [-0.2, 0) is 9.53 Å². The van der Waals surface area contributed by atoms with Crippen LogP contribution in [0, 0.1) is 18.2 Å². The Kier molecular flexibility index (Phi) is 3.94. The van der Waals surface area contributed by atoms with Gasteiger partial charge in [0, 0.05) is 19.8 Å². The lowest BCUT2D eigenvalue weighted by Gasteiger charge is -2.33. The van der Waals surface area contributed by atoms with E-state index in [0.717, 1.165) is 0 Å². The molecule has 0 saturated carbocycles. The lowest BCUT2D eigenvalue weighted by atomic mass is 9.80. The molecule has 0 atom stereocenters. The monoisotopic (exact) mass is 269 g/mol. The fourth-order valence-corrected chi connectivity index (χ4v) is 2.06. The number of anilines is 1. The van der Waals surface area contributed by atoms with Gasteiger partial charge in [-0.2, -0.15) is 0 Å². The molecule has 0 bridgehead atoms. The fourth-order valence-electron chi connectivity index (χ4n) is 2.06. The Balaban J connectivity index is 2.11. The Hall–Kier alpha value is -1.76. The number of carboxylic acids is 1. The van der Waals surface area contributed by atoms with Crippen molar-refractivity contribution in [1.29, 1.82) is 0 Å². The van der Waals surface area contributed by atoms with Crippen molar-refractivity contribution in [2.24, 2.45) is 5.41 Å². The molecule has 0 aliphatic carbocycles. The summed E-state index contributed by atoms with van der Waals surface area (Å²) in [5.74, 6) is -1.40. The number of nitrogens with zero attached hydrogens (tertiary/aromatic N) is 2. The Morgan fingerprint density at radius 2 is 2.21 bits per heavy atom. The van der Waals surface area contributed by atoms with Crippen LogP contribution in [0.2, 0.25) is 0 Å². The van der Waals surface area contributed by atoms with Gasteiger partial charge in [-0.3, -0.25) is 4.79 Å². The van der Waals surface area contributed by atoms with Gasteiger partial charge < -0.3 is 15.2 Å². The summed E-state index contributed by atoms with van der Waals surface area (Å²) in [7, 11) is 0. The minimum absolute atomic E-state index is 0.0413. The van der Waals surface area contributed by atoms with Gasteiger partial charge in [0.05, 0.1) is 11.1 Å². The number of aryl methyl sites for hydroxylation is 1. The molecule has 1 aliphatic rings. The largest absolute Gasteiger partial charge is 0.481 e. The molecule has 19 heavy (non-hydrogen) atoms. The quantitative estimate of drug-likeness (QED) is 0.855. The molecule has 1 aromatic rings. The summed E-state index contributed by atoms with van der Waals surface area (Å²) in [6, 6.07) is 0. The molecule has 2 N–H and O–H groups in total. The van der Waals surface area contributed by atoms with E-state index in [1.807, 2.05) is 0 Å². The zero-order valence-corrected chi connectivity index (χ0v) is 10.6. The van der Waals surface area contributed by atoms with E-state index in [9.17, 15) is 14.3 Å². The number of ether oxygens (including phenoxy) is 1. The minimum Gasteiger partial charge on any atom is -0.481 e. The van der Waals surface area contributed by atoms with Crippen LogP contribution >= 0.6 is 0 Å². The molecule has 7 heteroatoms. The first-order valence-corrected chi connectivity index (χ1v) is 6.07. The van der Waals surface area contributed by atoms with Crippen molar-refractivity contribution in [3.63, 3.8) is 0 Å². The molecular formula is C12H16FN3O3. The van der Waals surface area contributed by atoms with Crippen LogP contribution in [0.15, 0.2) is 6.33 Å². The van der Waals surface area contributed by atoms with Crippen molar-refractivity contribution in [3.05, 3.63) is 17.8 Å². The Morgan fingerprint density at radius 1 is 1.53 bits per heavy atom. The fraction of sp³-hybridized carbons (Fsp3) is 0.583. The molecule has 1 saturated heterocycles. The second-order valence-electron chi connectivity index (χ2n) is 4.67. The van der Waals surface area contributed by atoms with E-state index < -0.39 is 17.2 Å². The van der Waals surface area contributed by atoms with E-state index >= 15 is 0 Å². The number of nitrogens with one attached hydrogen (secondary N) is 1. The highest BCUT2D eigenvalue weighted by Gasteiger charge is 2.40. The average molecular weight is 269 g/mol. The van der Waals surface area contributed by atoms with Crippen molar-refractivity contribution >= 4 is 11.8 Å². The van der Waals surface area contributed by atoms with Crippen LogP contribution in [0.3, 0.4) is 0 Å². The molecule has 0 unspecified atom stereocenters. The van der Waals surface area contributed by atoms with Crippen LogP contribution in [0.1, 0.15) is 18.5 Å². The number of hydrogen-bond donors (Lipinski definition) is 2. The van der Waals surface area contributed by atoms with Crippen molar-refractivity contribution in [2.45, 2.75) is 19.8 Å². The smallest absolute Gasteiger partial charge is 0.311 e. The zero-order valence-electron chi connectivity index (χ0n) is 10.6. The summed E-state index contributed by atoms with van der Waals surface area (Å²) in [6.07, 6.45) is 2.06. The Morgan fingerprint density at radius 3 is 2.84 bits per heavy atom. The molecule has 6 nitrogen and oxygen atoms in total. The summed E-state index contributed by atoms with van der Waals surface area (Å²) < 4.78 is 18.9. The van der Waals surface area contributed by atoms with E-state index in [2.05, 4.69) is 15.3 Å². The lowest BCUT2D eigenvalue weighted by Crippen LogP contribution is -2.42. The first-order valence-electron chi connectivity index (χ1n) is 6.07. The van der Waals surface area contributed by atoms with Gasteiger partial charge in [0.15, 0.2) is 11.6 Å². The Labute approximate surface area is 110 Å². The third-order valence-electron chi connectivity index (χ3n) is 3.46. The van der Waals surface area contributed by atoms with Crippen LogP contribution < -0.4 is 5.32 Å². The summed E-state index contributed by atoms with van der Waals surface area (Å²) in [5.41, 5.74) is -0.697. The van der Waals surface area contributed by atoms with Gasteiger partial charge >= 0.3 is 5.97 Å². The van der Waals surface area contributed by atoms with Crippen LogP contribution in [0.4, 0.5) is 10.2 Å². The number of aliphatic carboxylic acids is 1. The lowest BCUT2D eigenvalue weighted by molar-refractivity contribution is -0.153. The van der Waals surface area contributed by atoms with Crippen LogP contribution in [0.5, 0.6) is 0 Å². The van der Waals surface area contributed by atoms with Crippen molar-refractivity contribution in [2.75, 3.05) is 25.1 Å². The second-order valence-corrected chi connectivity index (χ2v) is 4.67. The first-order chi connectivity index (χ1) is 9.05. The number of hydrogen-bond acceptors (Lipinski definition) is 5. The summed E-state index contributed by atoms with van der Waals surface area (Å²) >= 11 is 0. The third-order valence-corrected chi connectivity index (χ3v) is 3.46. The summed E-state index contributed by atoms with van der Waals surface area (Å²) in [6.45, 7) is 2.46. The number of aromatic nitrogens is 2. The zero-order chi connectivity index (χ0) is 13.9. The van der Waals surface area contributed by atoms with Crippen molar-refractivity contribution in [3.8, 4) is 0 Å². The molecule has 104 valence electrons. The highest BCUT2D eigenvalue weighted by Crippen LogP contribution is 2.31. The molecule has 2 heterocycles. The average Bonchev–Trinajstić information content (AvgIpc) is 2.41. The van der Waals surface area contributed by atoms with Gasteiger partial charge in [0.2, 0.25) is 0 Å². The number of carboxylic acid groups (broad SMARTS) is 1. The molecular weight excluding hydrogens is 253 g/mol. The molecule has 1 fully saturated rings. The molecule has 2 rings (SSSR count). The molecule has 1 aromatic heterocycles. The first kappa shape index (κ1) is 13.7. The summed E-state index contributed by atoms with van der Waals surface area (Å²) in [5, 5.41) is 12.2. The van der Waals surface area contributed by atoms with E-state index in [1.165, 1.54) is 13.3 Å². The van der Waals surface area contributed by atoms with Gasteiger partial charge in [0.25, 0.3) is 0 Å². The predicted octanol–water partition coefficient (Wildman–Crippen LogP) is 1.22. The number of rotatable bonds is 4. The van der Waals surface area contributed by atoms with Gasteiger partial charge in [0.1, 0.15) is 6.33 Å². The van der Waals surface area contributed by atoms with Crippen LogP contribution in [0.25, 0.3) is 0 Å². The van der Waals surface area contributed by atoms with Gasteiger partial charge in [-0.05, 0) is 19.8 Å². The van der Waals surface area contributed by atoms with Crippen molar-refractivity contribution < 1.29 is 19.0 Å². The molecule has 0 aromatic carbocycles. The molecule has 0 spiro atoms. The van der Waals surface area contributed by atoms with Crippen LogP contribution in [-0.4, -0.2) is 40.8 Å². The second kappa shape index (κ2) is 5.48. The van der Waals surface area contributed by atoms with E-state index in [4.69, 9.17) is 4.74 Å². The molecule has 0 amide bonds. The maximum atomic E-state index is 13.7. The SMILES string of the molecule is Cc1ncnc(NCC2(C(=O)O)CCOCC2)c1F. The van der Waals surface area contributed by atoms with E-state index in [-0.39, 0.29) is 18.1 Å². The molecule has 1 aliphatic heterocycles. The normalized spacial score (nSPS) is 18.0. The highest BCUT2D eigenvalue weighted by atomic mass is 19.1. The topological polar surface area (TPSA) is 84.3 Å². The minimum atomic E-state index is -0.927. The summed E-state index contributed by atoms with van der Waals surface area (Å²) in [4.78, 5) is 18.9. The van der Waals surface area contributed by atoms with E-state index in [1.54, 1.807) is 0 Å². The predicted molar refractivity (Wildman–Crippen MR) is 65.3 cm³/mol. The maximum absolute atomic E-state index is 13.7. The maximum Gasteiger partial charge on any atom is 0.311 e. The van der Waals surface area contributed by atoms with E-state index in [0.29, 0.717) is 26.1 Å². The van der Waals surface area contributed by atoms with Gasteiger partial charge in [-0.15, -0.1) is 0 Å². The van der Waals surface area contributed by atoms with Crippen molar-refractivity contribution in [1.82, 2.24) is 9.97 Å². The van der Waals surface area contributed by atoms with Gasteiger partial charge in [-0.25, -0.2) is 14.4 Å². The number of carbonyl (C=O) groups is 1. The number of halogens is 1. The standard InChI is InChI=1S/C12H16FN3O3/c1-8-9(13)10(16-7-15-8)14-6-12(11(17)18)2-4-19-5-3-12/h7H,2-6H2,1H3,(H,17,18)(H,14,15,16). The molecule has 0 radical (unpaired) electrons. The Bertz CT molecular complexity index is 475.